The summed E-state index contributed by atoms with van der Waals surface area (Å²) in [6, 6.07) is 0. The number of aliphatic hydroxyl groups is 3. The Balaban J connectivity index is 1.90. The highest BCUT2D eigenvalue weighted by Crippen LogP contribution is 2.67. The zero-order chi connectivity index (χ0) is 35.5. The zero-order valence-electron chi connectivity index (χ0n) is 29.8. The number of carbonyl (C=O) groups is 3. The Kier molecular flexibility index (Phi) is 15.3. The van der Waals surface area contributed by atoms with Crippen LogP contribution in [0.15, 0.2) is 36.0 Å². The molecule has 10 nitrogen and oxygen atoms in total. The molecule has 1 heterocycles. The minimum absolute atomic E-state index is 0.155. The number of hydrogen-bond donors (Lipinski definition) is 3. The lowest BCUT2D eigenvalue weighted by molar-refractivity contribution is -0.276. The number of unbranched alkanes of at least 4 members (excludes halogenated alkanes) is 10. The summed E-state index contributed by atoms with van der Waals surface area (Å²) in [5, 5.41) is 33.1. The van der Waals surface area contributed by atoms with Crippen molar-refractivity contribution >= 4 is 17.9 Å². The molecule has 9 atom stereocenters. The Bertz CT molecular complexity index is 1160. The molecule has 1 aliphatic heterocycles. The van der Waals surface area contributed by atoms with E-state index in [2.05, 4.69) is 13.5 Å². The normalized spacial score (nSPS) is 32.9. The standard InChI is InChI=1S/C38H60O10/c1-7-9-10-11-12-13-14-15-16-17-18-19-32(43)47-34-33(44)25(3)37(6,21-20-28(8-2)24-39)31-23-29(42)22-30-35(45-26(4)40)48-36(38(30,31)34)46-27(5)41/h8,20,22,25,29,31,33-36,39,42,44H,2,7,9-19,21,23-24H2,1,3-6H3. The largest absolute Gasteiger partial charge is 0.458 e. The molecule has 1 saturated carbocycles. The summed E-state index contributed by atoms with van der Waals surface area (Å²) in [4.78, 5) is 38.2. The first kappa shape index (κ1) is 39.9. The first-order chi connectivity index (χ1) is 22.9. The Hall–Kier alpha value is -2.53. The van der Waals surface area contributed by atoms with E-state index >= 15 is 0 Å². The van der Waals surface area contributed by atoms with Crippen molar-refractivity contribution in [3.8, 4) is 0 Å². The van der Waals surface area contributed by atoms with Crippen molar-refractivity contribution in [3.63, 3.8) is 0 Å². The fraction of sp³-hybridized carbons (Fsp3) is 0.763. The first-order valence-corrected chi connectivity index (χ1v) is 18.1. The molecule has 272 valence electrons. The minimum Gasteiger partial charge on any atom is -0.458 e. The molecule has 48 heavy (non-hydrogen) atoms. The molecule has 3 N–H and O–H groups in total. The average Bonchev–Trinajstić information content (AvgIpc) is 3.32. The maximum Gasteiger partial charge on any atom is 0.306 e. The highest BCUT2D eigenvalue weighted by molar-refractivity contribution is 5.70. The van der Waals surface area contributed by atoms with Gasteiger partial charge in [-0.15, -0.1) is 0 Å². The molecule has 3 aliphatic rings. The highest BCUT2D eigenvalue weighted by Gasteiger charge is 2.74. The smallest absolute Gasteiger partial charge is 0.306 e. The van der Waals surface area contributed by atoms with Crippen LogP contribution >= 0.6 is 0 Å². The predicted octanol–water partition coefficient (Wildman–Crippen LogP) is 6.21. The summed E-state index contributed by atoms with van der Waals surface area (Å²) in [6.07, 6.45) is 12.0. The molecule has 2 aliphatic carbocycles. The second-order valence-corrected chi connectivity index (χ2v) is 14.3. The average molecular weight is 677 g/mol. The van der Waals surface area contributed by atoms with Crippen LogP contribution in [-0.2, 0) is 33.3 Å². The van der Waals surface area contributed by atoms with E-state index in [1.807, 2.05) is 19.9 Å². The van der Waals surface area contributed by atoms with E-state index in [4.69, 9.17) is 18.9 Å². The summed E-state index contributed by atoms with van der Waals surface area (Å²) >= 11 is 0. The van der Waals surface area contributed by atoms with Gasteiger partial charge in [0, 0.05) is 25.8 Å². The van der Waals surface area contributed by atoms with E-state index in [-0.39, 0.29) is 19.4 Å². The van der Waals surface area contributed by atoms with Gasteiger partial charge in [0.2, 0.25) is 12.6 Å². The fourth-order valence-electron chi connectivity index (χ4n) is 8.21. The van der Waals surface area contributed by atoms with E-state index in [1.54, 1.807) is 6.08 Å². The lowest BCUT2D eigenvalue weighted by atomic mass is 9.44. The van der Waals surface area contributed by atoms with Crippen LogP contribution < -0.4 is 0 Å². The first-order valence-electron chi connectivity index (χ1n) is 18.1. The number of rotatable bonds is 19. The third kappa shape index (κ3) is 9.17. The molecule has 0 radical (unpaired) electrons. The predicted molar refractivity (Wildman–Crippen MR) is 181 cm³/mol. The van der Waals surface area contributed by atoms with Crippen LogP contribution in [-0.4, -0.2) is 70.7 Å². The summed E-state index contributed by atoms with van der Waals surface area (Å²) in [6.45, 7) is 12.0. The van der Waals surface area contributed by atoms with Gasteiger partial charge in [0.25, 0.3) is 0 Å². The van der Waals surface area contributed by atoms with Crippen molar-refractivity contribution in [1.29, 1.82) is 0 Å². The minimum atomic E-state index is -1.47. The fourth-order valence-corrected chi connectivity index (χ4v) is 8.21. The Morgan fingerprint density at radius 1 is 0.958 bits per heavy atom. The van der Waals surface area contributed by atoms with Crippen molar-refractivity contribution < 1.29 is 48.7 Å². The van der Waals surface area contributed by atoms with Crippen molar-refractivity contribution in [2.75, 3.05) is 6.61 Å². The lowest BCUT2D eigenvalue weighted by Gasteiger charge is -2.62. The quantitative estimate of drug-likeness (QED) is 0.0474. The van der Waals surface area contributed by atoms with Gasteiger partial charge in [-0.25, -0.2) is 0 Å². The summed E-state index contributed by atoms with van der Waals surface area (Å²) < 4.78 is 23.6. The molecule has 0 aromatic rings. The van der Waals surface area contributed by atoms with Crippen LogP contribution in [0.5, 0.6) is 0 Å². The molecule has 0 aromatic heterocycles. The Morgan fingerprint density at radius 2 is 1.54 bits per heavy atom. The number of allylic oxidation sites excluding steroid dienone is 1. The van der Waals surface area contributed by atoms with Crippen LogP contribution in [0, 0.1) is 22.7 Å². The van der Waals surface area contributed by atoms with E-state index in [0.717, 1.165) is 19.3 Å². The number of aliphatic hydroxyl groups excluding tert-OH is 3. The summed E-state index contributed by atoms with van der Waals surface area (Å²) in [7, 11) is 0. The third-order valence-corrected chi connectivity index (χ3v) is 11.0. The van der Waals surface area contributed by atoms with Gasteiger partial charge in [-0.3, -0.25) is 19.1 Å². The number of esters is 3. The number of hydrogen-bond acceptors (Lipinski definition) is 10. The van der Waals surface area contributed by atoms with Gasteiger partial charge >= 0.3 is 17.9 Å². The van der Waals surface area contributed by atoms with Crippen molar-refractivity contribution in [3.05, 3.63) is 36.0 Å². The Morgan fingerprint density at radius 3 is 2.08 bits per heavy atom. The van der Waals surface area contributed by atoms with Crippen LogP contribution in [0.1, 0.15) is 125 Å². The molecule has 3 rings (SSSR count). The van der Waals surface area contributed by atoms with E-state index < -0.39 is 71.5 Å². The second kappa shape index (κ2) is 18.5. The molecular weight excluding hydrogens is 616 g/mol. The molecular formula is C38H60O10. The van der Waals surface area contributed by atoms with Crippen LogP contribution in [0.4, 0.5) is 0 Å². The van der Waals surface area contributed by atoms with Gasteiger partial charge in [-0.2, -0.15) is 0 Å². The van der Waals surface area contributed by atoms with Gasteiger partial charge in [0.1, 0.15) is 11.5 Å². The third-order valence-electron chi connectivity index (χ3n) is 11.0. The maximum atomic E-state index is 13.5. The van der Waals surface area contributed by atoms with E-state index in [0.29, 0.717) is 24.0 Å². The molecule has 9 unspecified atom stereocenters. The summed E-state index contributed by atoms with van der Waals surface area (Å²) in [5.41, 5.74) is -1.38. The van der Waals surface area contributed by atoms with Gasteiger partial charge in [-0.1, -0.05) is 104 Å². The monoisotopic (exact) mass is 676 g/mol. The van der Waals surface area contributed by atoms with Gasteiger partial charge in [-0.05, 0) is 48.2 Å². The zero-order valence-corrected chi connectivity index (χ0v) is 29.8. The topological polar surface area (TPSA) is 149 Å². The highest BCUT2D eigenvalue weighted by atomic mass is 16.8. The van der Waals surface area contributed by atoms with Crippen molar-refractivity contribution in [2.24, 2.45) is 22.7 Å². The van der Waals surface area contributed by atoms with Crippen LogP contribution in [0.2, 0.25) is 0 Å². The molecule has 0 bridgehead atoms. The maximum absolute atomic E-state index is 13.5. The van der Waals surface area contributed by atoms with Crippen LogP contribution in [0.3, 0.4) is 0 Å². The lowest BCUT2D eigenvalue weighted by Crippen LogP contribution is -2.68. The van der Waals surface area contributed by atoms with Gasteiger partial charge < -0.3 is 29.5 Å². The van der Waals surface area contributed by atoms with Crippen LogP contribution in [0.25, 0.3) is 0 Å². The molecule has 1 saturated heterocycles. The molecule has 0 aromatic carbocycles. The van der Waals surface area contributed by atoms with Gasteiger partial charge in [0.05, 0.1) is 18.8 Å². The van der Waals surface area contributed by atoms with E-state index in [9.17, 15) is 29.7 Å². The van der Waals surface area contributed by atoms with Crippen molar-refractivity contribution in [2.45, 2.75) is 155 Å². The summed E-state index contributed by atoms with van der Waals surface area (Å²) in [5.74, 6) is -2.88. The number of ether oxygens (including phenoxy) is 4. The van der Waals surface area contributed by atoms with Gasteiger partial charge in [0.15, 0.2) is 0 Å². The second-order valence-electron chi connectivity index (χ2n) is 14.3. The molecule has 10 heteroatoms. The molecule has 2 fully saturated rings. The Labute approximate surface area is 286 Å². The molecule has 0 amide bonds. The SMILES string of the molecule is C=CC(=CCC1(C)C(C)C(O)C(OC(=O)CCCCCCCCCCCCC)C23C(=CC(O)CC12)C(OC(C)=O)OC3OC(C)=O)CO. The van der Waals surface area contributed by atoms with Crippen molar-refractivity contribution in [1.82, 2.24) is 0 Å². The number of carbonyl (C=O) groups excluding carboxylic acids is 3. The molecule has 1 spiro atoms. The van der Waals surface area contributed by atoms with E-state index in [1.165, 1.54) is 64.9 Å².